The van der Waals surface area contributed by atoms with Gasteiger partial charge in [0.1, 0.15) is 12.2 Å². The Labute approximate surface area is 217 Å². The van der Waals surface area contributed by atoms with Crippen LogP contribution >= 0.6 is 0 Å². The molecule has 2 saturated carbocycles. The van der Waals surface area contributed by atoms with Crippen LogP contribution in [-0.4, -0.2) is 12.1 Å². The van der Waals surface area contributed by atoms with Crippen LogP contribution in [0.15, 0.2) is 48.3 Å². The van der Waals surface area contributed by atoms with Crippen molar-refractivity contribution in [1.29, 1.82) is 5.26 Å². The number of ether oxygens (including phenoxy) is 1. The predicted octanol–water partition coefficient (Wildman–Crippen LogP) is 8.90. The number of hydrogen-bond acceptors (Lipinski definition) is 3. The summed E-state index contributed by atoms with van der Waals surface area (Å²) < 4.78 is 18.7. The number of nitrogens with zero attached hydrogens (tertiary/aromatic N) is 1. The number of rotatable bonds is 12. The van der Waals surface area contributed by atoms with Crippen LogP contribution in [0.5, 0.6) is 0 Å². The molecule has 0 atom stereocenters. The minimum absolute atomic E-state index is 0.0218. The van der Waals surface area contributed by atoms with Crippen LogP contribution in [0.3, 0.4) is 0 Å². The quantitative estimate of drug-likeness (QED) is 0.126. The molecular weight excluding hydrogens is 449 g/mol. The van der Waals surface area contributed by atoms with E-state index in [1.807, 2.05) is 6.08 Å². The smallest absolute Gasteiger partial charge is 0.309 e. The number of carbonyl (C=O) groups excluding carboxylic acids is 1. The minimum Gasteiger partial charge on any atom is -0.462 e. The number of esters is 1. The van der Waals surface area contributed by atoms with E-state index in [4.69, 9.17) is 10.00 Å². The summed E-state index contributed by atoms with van der Waals surface area (Å²) in [5.41, 5.74) is 2.87. The molecule has 0 saturated heterocycles. The lowest BCUT2D eigenvalue weighted by Gasteiger charge is -2.31. The Morgan fingerprint density at radius 1 is 1.03 bits per heavy atom. The molecular formula is C32H44FNO2. The van der Waals surface area contributed by atoms with E-state index in [0.29, 0.717) is 11.8 Å². The Morgan fingerprint density at radius 2 is 1.75 bits per heavy atom. The van der Waals surface area contributed by atoms with Crippen molar-refractivity contribution in [1.82, 2.24) is 0 Å². The van der Waals surface area contributed by atoms with E-state index in [1.54, 1.807) is 6.08 Å². The number of allylic oxidation sites excluding steroid dienone is 4. The van der Waals surface area contributed by atoms with Crippen molar-refractivity contribution < 1.29 is 13.9 Å². The highest BCUT2D eigenvalue weighted by Gasteiger charge is 2.31. The summed E-state index contributed by atoms with van der Waals surface area (Å²) in [7, 11) is 0. The zero-order chi connectivity index (χ0) is 25.6. The van der Waals surface area contributed by atoms with E-state index < -0.39 is 5.83 Å². The second-order valence-corrected chi connectivity index (χ2v) is 10.8. The molecule has 2 fully saturated rings. The van der Waals surface area contributed by atoms with Crippen LogP contribution in [0.4, 0.5) is 4.39 Å². The molecule has 1 aromatic rings. The summed E-state index contributed by atoms with van der Waals surface area (Å²) >= 11 is 0. The lowest BCUT2D eigenvalue weighted by atomic mass is 9.78. The lowest BCUT2D eigenvalue weighted by Crippen LogP contribution is -2.29. The molecule has 0 spiro atoms. The zero-order valence-electron chi connectivity index (χ0n) is 22.1. The Morgan fingerprint density at radius 3 is 2.42 bits per heavy atom. The monoisotopic (exact) mass is 493 g/mol. The normalized spacial score (nSPS) is 25.0. The van der Waals surface area contributed by atoms with E-state index in [1.165, 1.54) is 55.4 Å². The molecule has 0 bridgehead atoms. The van der Waals surface area contributed by atoms with Gasteiger partial charge in [-0.1, -0.05) is 62.6 Å². The summed E-state index contributed by atoms with van der Waals surface area (Å²) in [4.78, 5) is 12.8. The second-order valence-electron chi connectivity index (χ2n) is 10.8. The van der Waals surface area contributed by atoms with Gasteiger partial charge in [0.25, 0.3) is 0 Å². The number of nitriles is 1. The number of aryl methyl sites for hydroxylation is 1. The maximum Gasteiger partial charge on any atom is 0.309 e. The third-order valence-electron chi connectivity index (χ3n) is 8.13. The molecule has 0 heterocycles. The molecule has 3 nitrogen and oxygen atoms in total. The number of unbranched alkanes of at least 4 members (excludes halogenated alkanes) is 3. The summed E-state index contributed by atoms with van der Waals surface area (Å²) in [6, 6.07) is 10.7. The average Bonchev–Trinajstić information content (AvgIpc) is 2.92. The SMILES string of the molecule is CCCCCCc1ccc([C@H]2CC[C@H](C(=O)OC3CCC(CC/C=C/C=C(F)C#N)CC3)CC2)cc1. The highest BCUT2D eigenvalue weighted by molar-refractivity contribution is 5.72. The van der Waals surface area contributed by atoms with Gasteiger partial charge in [-0.25, -0.2) is 0 Å². The van der Waals surface area contributed by atoms with Crippen molar-refractivity contribution in [2.24, 2.45) is 11.8 Å². The summed E-state index contributed by atoms with van der Waals surface area (Å²) in [5, 5.41) is 8.40. The minimum atomic E-state index is -0.760. The summed E-state index contributed by atoms with van der Waals surface area (Å²) in [6.45, 7) is 2.25. The fraction of sp³-hybridized carbons (Fsp3) is 0.625. The van der Waals surface area contributed by atoms with Gasteiger partial charge in [-0.15, -0.1) is 0 Å². The topological polar surface area (TPSA) is 50.1 Å². The molecule has 36 heavy (non-hydrogen) atoms. The number of hydrogen-bond donors (Lipinski definition) is 0. The van der Waals surface area contributed by atoms with Crippen LogP contribution in [-0.2, 0) is 16.0 Å². The van der Waals surface area contributed by atoms with Gasteiger partial charge in [-0.3, -0.25) is 4.79 Å². The Kier molecular flexibility index (Phi) is 12.2. The van der Waals surface area contributed by atoms with Crippen LogP contribution in [0.2, 0.25) is 0 Å². The molecule has 2 aliphatic carbocycles. The van der Waals surface area contributed by atoms with Crippen LogP contribution in [0, 0.1) is 23.2 Å². The number of carbonyl (C=O) groups is 1. The molecule has 0 unspecified atom stereocenters. The Hall–Kier alpha value is -2.41. The average molecular weight is 494 g/mol. The van der Waals surface area contributed by atoms with Crippen molar-refractivity contribution in [3.05, 3.63) is 59.4 Å². The fourth-order valence-corrected chi connectivity index (χ4v) is 5.79. The first-order chi connectivity index (χ1) is 17.6. The van der Waals surface area contributed by atoms with Gasteiger partial charge >= 0.3 is 5.97 Å². The lowest BCUT2D eigenvalue weighted by molar-refractivity contribution is -0.157. The number of benzene rings is 1. The highest BCUT2D eigenvalue weighted by atomic mass is 19.1. The molecule has 0 aliphatic heterocycles. The van der Waals surface area contributed by atoms with Gasteiger partial charge in [0, 0.05) is 0 Å². The first kappa shape index (κ1) is 28.2. The predicted molar refractivity (Wildman–Crippen MR) is 144 cm³/mol. The molecule has 1 aromatic carbocycles. The fourth-order valence-electron chi connectivity index (χ4n) is 5.79. The van der Waals surface area contributed by atoms with Crippen LogP contribution in [0.25, 0.3) is 0 Å². The molecule has 196 valence electrons. The Bertz CT molecular complexity index is 882. The maximum absolute atomic E-state index is 12.8. The van der Waals surface area contributed by atoms with Gasteiger partial charge in [-0.05, 0) is 106 Å². The summed E-state index contributed by atoms with van der Waals surface area (Å²) in [6.07, 6.45) is 21.2. The largest absolute Gasteiger partial charge is 0.462 e. The van der Waals surface area contributed by atoms with E-state index in [2.05, 4.69) is 31.2 Å². The van der Waals surface area contributed by atoms with E-state index in [-0.39, 0.29) is 18.0 Å². The number of halogens is 1. The molecule has 3 rings (SSSR count). The van der Waals surface area contributed by atoms with Crippen molar-refractivity contribution in [3.63, 3.8) is 0 Å². The Balaban J connectivity index is 1.31. The highest BCUT2D eigenvalue weighted by Crippen LogP contribution is 2.37. The standard InChI is InChI=1S/C32H44FNO2/c1-2-3-4-6-9-25-12-16-27(17-13-25)28-18-20-29(21-19-28)32(35)36-31-22-14-26(15-23-31)10-7-5-8-11-30(33)24-34/h5,8,11-13,16-17,26,28-29,31H,2-4,6-7,9-10,14-15,18-23H2,1H3/b8-5+,30-11?/t26?,28-,29-,31?. The molecule has 2 aliphatic rings. The molecule has 0 radical (unpaired) electrons. The van der Waals surface area contributed by atoms with Gasteiger partial charge in [-0.2, -0.15) is 9.65 Å². The van der Waals surface area contributed by atoms with E-state index >= 15 is 0 Å². The molecule has 0 N–H and O–H groups in total. The van der Waals surface area contributed by atoms with Gasteiger partial charge in [0.2, 0.25) is 0 Å². The molecule has 0 aromatic heterocycles. The van der Waals surface area contributed by atoms with Gasteiger partial charge in [0.15, 0.2) is 5.83 Å². The van der Waals surface area contributed by atoms with Crippen molar-refractivity contribution >= 4 is 5.97 Å². The van der Waals surface area contributed by atoms with E-state index in [0.717, 1.165) is 64.2 Å². The van der Waals surface area contributed by atoms with Crippen LogP contribution < -0.4 is 0 Å². The van der Waals surface area contributed by atoms with Crippen molar-refractivity contribution in [2.75, 3.05) is 0 Å². The van der Waals surface area contributed by atoms with Crippen LogP contribution in [0.1, 0.15) is 114 Å². The van der Waals surface area contributed by atoms with Crippen molar-refractivity contribution in [2.45, 2.75) is 115 Å². The maximum atomic E-state index is 12.8. The first-order valence-electron chi connectivity index (χ1n) is 14.3. The molecule has 4 heteroatoms. The van der Waals surface area contributed by atoms with E-state index in [9.17, 15) is 9.18 Å². The van der Waals surface area contributed by atoms with Gasteiger partial charge in [0.05, 0.1) is 5.92 Å². The van der Waals surface area contributed by atoms with Gasteiger partial charge < -0.3 is 4.74 Å². The van der Waals surface area contributed by atoms with Crippen molar-refractivity contribution in [3.8, 4) is 6.07 Å². The second kappa shape index (κ2) is 15.6. The third-order valence-corrected chi connectivity index (χ3v) is 8.13. The third kappa shape index (κ3) is 9.57. The zero-order valence-corrected chi connectivity index (χ0v) is 22.1. The molecule has 0 amide bonds. The summed E-state index contributed by atoms with van der Waals surface area (Å²) in [5.74, 6) is 0.522. The first-order valence-corrected chi connectivity index (χ1v) is 14.3.